The van der Waals surface area contributed by atoms with E-state index in [1.54, 1.807) is 11.0 Å². The van der Waals surface area contributed by atoms with Crippen LogP contribution in [-0.2, 0) is 4.79 Å². The molecule has 1 aliphatic carbocycles. The summed E-state index contributed by atoms with van der Waals surface area (Å²) < 4.78 is 26.9. The van der Waals surface area contributed by atoms with E-state index >= 15 is 0 Å². The van der Waals surface area contributed by atoms with Crippen LogP contribution in [0.3, 0.4) is 0 Å². The van der Waals surface area contributed by atoms with Gasteiger partial charge in [0.15, 0.2) is 5.78 Å². The van der Waals surface area contributed by atoms with Crippen molar-refractivity contribution in [3.63, 3.8) is 0 Å². The Balaban J connectivity index is 1.85. The van der Waals surface area contributed by atoms with Crippen LogP contribution in [0.25, 0.3) is 0 Å². The predicted octanol–water partition coefficient (Wildman–Crippen LogP) is 2.64. The van der Waals surface area contributed by atoms with E-state index in [4.69, 9.17) is 5.73 Å². The number of hydrogen-bond acceptors (Lipinski definition) is 3. The lowest BCUT2D eigenvalue weighted by molar-refractivity contribution is -0.125. The highest BCUT2D eigenvalue weighted by Gasteiger charge is 2.48. The molecule has 1 aromatic carbocycles. The Hall–Kier alpha value is -2.24. The van der Waals surface area contributed by atoms with Gasteiger partial charge in [0, 0.05) is 30.0 Å². The number of likely N-dealkylation sites (tertiary alicyclic amines) is 1. The summed E-state index contributed by atoms with van der Waals surface area (Å²) in [5, 5.41) is 0. The van der Waals surface area contributed by atoms with E-state index in [0.717, 1.165) is 12.1 Å². The van der Waals surface area contributed by atoms with E-state index in [0.29, 0.717) is 32.0 Å². The molecule has 1 aliphatic heterocycles. The fourth-order valence-electron chi connectivity index (χ4n) is 3.96. The smallest absolute Gasteiger partial charge is 0.256 e. The second-order valence-electron chi connectivity index (χ2n) is 7.45. The first-order valence-corrected chi connectivity index (χ1v) is 7.91. The van der Waals surface area contributed by atoms with Gasteiger partial charge in [-0.1, -0.05) is 13.8 Å². The van der Waals surface area contributed by atoms with Gasteiger partial charge >= 0.3 is 0 Å². The summed E-state index contributed by atoms with van der Waals surface area (Å²) in [6, 6.07) is 2.94. The average molecular weight is 334 g/mol. The van der Waals surface area contributed by atoms with Crippen LogP contribution in [-0.4, -0.2) is 29.7 Å². The van der Waals surface area contributed by atoms with E-state index < -0.39 is 23.0 Å². The standard InChI is InChI=1S/C18H20F2N2O2/c1-17(2)9-18(8-14(21)15(17)23)5-6-22(10-18)16(24)12-4-3-11(19)7-13(12)20/h3-4,7-8H,5-6,9-10,21H2,1-2H3/t18-/m1/s1. The number of hydrogen-bond donors (Lipinski definition) is 1. The van der Waals surface area contributed by atoms with Crippen LogP contribution >= 0.6 is 0 Å². The van der Waals surface area contributed by atoms with Gasteiger partial charge in [-0.05, 0) is 31.1 Å². The molecule has 0 radical (unpaired) electrons. The van der Waals surface area contributed by atoms with Crippen LogP contribution in [0.2, 0.25) is 0 Å². The number of amides is 1. The zero-order valence-electron chi connectivity index (χ0n) is 13.7. The summed E-state index contributed by atoms with van der Waals surface area (Å²) in [6.07, 6.45) is 3.02. The minimum Gasteiger partial charge on any atom is -0.396 e. The minimum absolute atomic E-state index is 0.0810. The van der Waals surface area contributed by atoms with Crippen molar-refractivity contribution in [2.24, 2.45) is 16.6 Å². The first kappa shape index (κ1) is 16.6. The first-order chi connectivity index (χ1) is 11.1. The van der Waals surface area contributed by atoms with Crippen LogP contribution < -0.4 is 5.73 Å². The van der Waals surface area contributed by atoms with Crippen molar-refractivity contribution in [2.45, 2.75) is 26.7 Å². The Morgan fingerprint density at radius 2 is 2.00 bits per heavy atom. The number of carbonyl (C=O) groups excluding carboxylic acids is 2. The van der Waals surface area contributed by atoms with Gasteiger partial charge in [-0.25, -0.2) is 8.78 Å². The molecule has 3 rings (SSSR count). The number of benzene rings is 1. The quantitative estimate of drug-likeness (QED) is 0.859. The molecule has 2 aliphatic rings. The predicted molar refractivity (Wildman–Crippen MR) is 85.0 cm³/mol. The van der Waals surface area contributed by atoms with Crippen LogP contribution in [0.15, 0.2) is 30.0 Å². The normalized spacial score (nSPS) is 25.9. The van der Waals surface area contributed by atoms with Gasteiger partial charge in [0.2, 0.25) is 0 Å². The van der Waals surface area contributed by atoms with Crippen molar-refractivity contribution in [3.8, 4) is 0 Å². The number of nitrogens with two attached hydrogens (primary N) is 1. The van der Waals surface area contributed by atoms with Gasteiger partial charge < -0.3 is 10.6 Å². The number of carbonyl (C=O) groups is 2. The molecular formula is C18H20F2N2O2. The monoisotopic (exact) mass is 334 g/mol. The van der Waals surface area contributed by atoms with Crippen LogP contribution in [0.4, 0.5) is 8.78 Å². The summed E-state index contributed by atoms with van der Waals surface area (Å²) in [6.45, 7) is 4.52. The van der Waals surface area contributed by atoms with Gasteiger partial charge in [-0.2, -0.15) is 0 Å². The molecule has 0 aromatic heterocycles. The third-order valence-corrected chi connectivity index (χ3v) is 4.97. The zero-order chi connectivity index (χ0) is 17.7. The molecule has 1 fully saturated rings. The SMILES string of the molecule is CC1(C)C[C@]2(C=C(N)C1=O)CCN(C(=O)c1ccc(F)cc1F)C2. The molecule has 1 amide bonds. The summed E-state index contributed by atoms with van der Waals surface area (Å²) in [5.74, 6) is -2.13. The molecule has 1 spiro atoms. The topological polar surface area (TPSA) is 63.4 Å². The maximum Gasteiger partial charge on any atom is 0.256 e. The number of nitrogens with zero attached hydrogens (tertiary/aromatic N) is 1. The van der Waals surface area contributed by atoms with Crippen molar-refractivity contribution < 1.29 is 18.4 Å². The fourth-order valence-corrected chi connectivity index (χ4v) is 3.96. The Morgan fingerprint density at radius 1 is 1.29 bits per heavy atom. The Morgan fingerprint density at radius 3 is 2.62 bits per heavy atom. The maximum atomic E-state index is 13.9. The van der Waals surface area contributed by atoms with Gasteiger partial charge in [-0.3, -0.25) is 9.59 Å². The minimum atomic E-state index is -0.866. The second-order valence-corrected chi connectivity index (χ2v) is 7.45. The van der Waals surface area contributed by atoms with Crippen molar-refractivity contribution in [2.75, 3.05) is 13.1 Å². The molecule has 0 unspecified atom stereocenters. The Kier molecular flexibility index (Phi) is 3.73. The second kappa shape index (κ2) is 5.40. The number of ketones is 1. The molecule has 24 heavy (non-hydrogen) atoms. The molecule has 1 aromatic rings. The fraction of sp³-hybridized carbons (Fsp3) is 0.444. The summed E-state index contributed by atoms with van der Waals surface area (Å²) in [7, 11) is 0. The molecule has 0 saturated carbocycles. The number of halogens is 2. The molecule has 1 heterocycles. The molecule has 1 atom stereocenters. The summed E-state index contributed by atoms with van der Waals surface area (Å²) in [4.78, 5) is 26.2. The molecular weight excluding hydrogens is 314 g/mol. The average Bonchev–Trinajstić information content (AvgIpc) is 2.87. The molecule has 0 bridgehead atoms. The highest BCUT2D eigenvalue weighted by Crippen LogP contribution is 2.47. The number of rotatable bonds is 1. The van der Waals surface area contributed by atoms with Gasteiger partial charge in [-0.15, -0.1) is 0 Å². The van der Waals surface area contributed by atoms with E-state index in [2.05, 4.69) is 0 Å². The highest BCUT2D eigenvalue weighted by molar-refractivity contribution is 6.00. The van der Waals surface area contributed by atoms with Crippen LogP contribution in [0.1, 0.15) is 37.0 Å². The van der Waals surface area contributed by atoms with Crippen molar-refractivity contribution in [3.05, 3.63) is 47.2 Å². The van der Waals surface area contributed by atoms with Crippen LogP contribution in [0, 0.1) is 22.5 Å². The van der Waals surface area contributed by atoms with Gasteiger partial charge in [0.05, 0.1) is 11.3 Å². The lowest BCUT2D eigenvalue weighted by Gasteiger charge is -2.39. The van der Waals surface area contributed by atoms with E-state index in [1.807, 2.05) is 13.8 Å². The first-order valence-electron chi connectivity index (χ1n) is 7.91. The lowest BCUT2D eigenvalue weighted by Crippen LogP contribution is -2.42. The maximum absolute atomic E-state index is 13.9. The van der Waals surface area contributed by atoms with Crippen molar-refractivity contribution >= 4 is 11.7 Å². The summed E-state index contributed by atoms with van der Waals surface area (Å²) in [5.41, 5.74) is 5.02. The molecule has 2 N–H and O–H groups in total. The third-order valence-electron chi connectivity index (χ3n) is 4.97. The zero-order valence-corrected chi connectivity index (χ0v) is 13.7. The molecule has 6 heteroatoms. The lowest BCUT2D eigenvalue weighted by atomic mass is 9.65. The Bertz CT molecular complexity index is 757. The van der Waals surface area contributed by atoms with E-state index in [1.165, 1.54) is 0 Å². The third kappa shape index (κ3) is 2.70. The van der Waals surface area contributed by atoms with Gasteiger partial charge in [0.1, 0.15) is 11.6 Å². The summed E-state index contributed by atoms with van der Waals surface area (Å²) >= 11 is 0. The van der Waals surface area contributed by atoms with Crippen LogP contribution in [0.5, 0.6) is 0 Å². The van der Waals surface area contributed by atoms with Gasteiger partial charge in [0.25, 0.3) is 5.91 Å². The Labute approximate surface area is 139 Å². The van der Waals surface area contributed by atoms with E-state index in [9.17, 15) is 18.4 Å². The number of allylic oxidation sites excluding steroid dienone is 1. The molecule has 4 nitrogen and oxygen atoms in total. The van der Waals surface area contributed by atoms with Crippen molar-refractivity contribution in [1.29, 1.82) is 0 Å². The number of Topliss-reactive ketones (excluding diaryl/α,β-unsaturated/α-hetero) is 1. The van der Waals surface area contributed by atoms with E-state index in [-0.39, 0.29) is 22.5 Å². The van der Waals surface area contributed by atoms with Crippen molar-refractivity contribution in [1.82, 2.24) is 4.90 Å². The largest absolute Gasteiger partial charge is 0.396 e. The molecule has 128 valence electrons. The molecule has 1 saturated heterocycles. The highest BCUT2D eigenvalue weighted by atomic mass is 19.1.